The smallest absolute Gasteiger partial charge is 0.179 e. The molecule has 0 bridgehead atoms. The van der Waals surface area contributed by atoms with Crippen molar-refractivity contribution in [2.24, 2.45) is 0 Å². The molecular weight excluding hydrogens is 244 g/mol. The molecule has 0 aliphatic carbocycles. The average Bonchev–Trinajstić information content (AvgIpc) is 2.61. The monoisotopic (exact) mass is 257 g/mol. The third-order valence-electron chi connectivity index (χ3n) is 2.93. The summed E-state index contributed by atoms with van der Waals surface area (Å²) in [6.45, 7) is 0.127. The summed E-state index contributed by atoms with van der Waals surface area (Å²) in [7, 11) is 0. The number of likely N-dealkylation sites (tertiary alicyclic amines) is 1. The summed E-state index contributed by atoms with van der Waals surface area (Å²) in [6, 6.07) is 2.69. The van der Waals surface area contributed by atoms with E-state index in [2.05, 4.69) is 0 Å². The molecule has 0 radical (unpaired) electrons. The normalized spacial score (nSPS) is 24.4. The van der Waals surface area contributed by atoms with Crippen LogP contribution in [0.15, 0.2) is 18.2 Å². The van der Waals surface area contributed by atoms with Crippen LogP contribution in [0.3, 0.4) is 0 Å². The van der Waals surface area contributed by atoms with Crippen LogP contribution in [0, 0.1) is 11.6 Å². The van der Waals surface area contributed by atoms with Crippen LogP contribution in [0.25, 0.3) is 0 Å². The number of nitrogens with zero attached hydrogens (tertiary/aromatic N) is 1. The molecule has 2 N–H and O–H groups in total. The zero-order chi connectivity index (χ0) is 13.3. The van der Waals surface area contributed by atoms with Gasteiger partial charge in [0.05, 0.1) is 24.3 Å². The summed E-state index contributed by atoms with van der Waals surface area (Å²) < 4.78 is 26.3. The van der Waals surface area contributed by atoms with Gasteiger partial charge in [0.25, 0.3) is 0 Å². The summed E-state index contributed by atoms with van der Waals surface area (Å²) >= 11 is 0. The van der Waals surface area contributed by atoms with Gasteiger partial charge in [0.2, 0.25) is 0 Å². The predicted octanol–water partition coefficient (Wildman–Crippen LogP) is 0.185. The van der Waals surface area contributed by atoms with Gasteiger partial charge in [-0.05, 0) is 18.2 Å². The zero-order valence-corrected chi connectivity index (χ0v) is 9.51. The van der Waals surface area contributed by atoms with Gasteiger partial charge in [-0.1, -0.05) is 0 Å². The Kier molecular flexibility index (Phi) is 3.70. The molecule has 0 saturated carbocycles. The average molecular weight is 257 g/mol. The zero-order valence-electron chi connectivity index (χ0n) is 9.51. The Balaban J connectivity index is 2.06. The number of Topliss-reactive ketones (excluding diaryl/α,β-unsaturated/α-hetero) is 1. The molecule has 1 aromatic rings. The quantitative estimate of drug-likeness (QED) is 0.759. The third kappa shape index (κ3) is 2.72. The van der Waals surface area contributed by atoms with E-state index in [0.717, 1.165) is 18.2 Å². The fourth-order valence-electron chi connectivity index (χ4n) is 1.98. The Hall–Kier alpha value is -1.37. The van der Waals surface area contributed by atoms with Crippen molar-refractivity contribution >= 4 is 5.78 Å². The molecule has 4 nitrogen and oxygen atoms in total. The fourth-order valence-corrected chi connectivity index (χ4v) is 1.98. The lowest BCUT2D eigenvalue weighted by Gasteiger charge is -2.13. The summed E-state index contributed by atoms with van der Waals surface area (Å²) in [6.07, 6.45) is -1.81. The van der Waals surface area contributed by atoms with Crippen LogP contribution < -0.4 is 0 Å². The minimum Gasteiger partial charge on any atom is -0.389 e. The van der Waals surface area contributed by atoms with Gasteiger partial charge in [-0.3, -0.25) is 9.69 Å². The molecule has 18 heavy (non-hydrogen) atoms. The lowest BCUT2D eigenvalue weighted by Crippen LogP contribution is -2.29. The molecule has 98 valence electrons. The number of hydrogen-bond acceptors (Lipinski definition) is 4. The maximum Gasteiger partial charge on any atom is 0.179 e. The Labute approximate surface area is 102 Å². The first kappa shape index (κ1) is 13.1. The SMILES string of the molecule is O=C(CN1CC(O)C(O)C1)c1cc(F)ccc1F. The molecule has 2 unspecified atom stereocenters. The molecule has 0 aromatic heterocycles. The first-order valence-electron chi connectivity index (χ1n) is 5.54. The number of β-amino-alcohol motifs (C(OH)–C–C–N with tert-alkyl or cyclic N) is 2. The number of halogens is 2. The lowest BCUT2D eigenvalue weighted by molar-refractivity contribution is 0.0572. The molecule has 1 aromatic carbocycles. The molecule has 2 atom stereocenters. The van der Waals surface area contributed by atoms with Gasteiger partial charge in [0.15, 0.2) is 5.78 Å². The second-order valence-corrected chi connectivity index (χ2v) is 4.38. The minimum atomic E-state index is -0.907. The highest BCUT2D eigenvalue weighted by molar-refractivity contribution is 5.97. The first-order valence-corrected chi connectivity index (χ1v) is 5.54. The summed E-state index contributed by atoms with van der Waals surface area (Å²) in [5, 5.41) is 18.6. The molecule has 0 spiro atoms. The Morgan fingerprint density at radius 1 is 1.28 bits per heavy atom. The van der Waals surface area contributed by atoms with Crippen molar-refractivity contribution in [3.63, 3.8) is 0 Å². The van der Waals surface area contributed by atoms with Crippen molar-refractivity contribution in [2.45, 2.75) is 12.2 Å². The van der Waals surface area contributed by atoms with E-state index in [1.807, 2.05) is 0 Å². The van der Waals surface area contributed by atoms with Crippen LogP contribution in [-0.2, 0) is 0 Å². The maximum absolute atomic E-state index is 13.3. The van der Waals surface area contributed by atoms with Crippen molar-refractivity contribution in [2.75, 3.05) is 19.6 Å². The van der Waals surface area contributed by atoms with Crippen LogP contribution in [0.2, 0.25) is 0 Å². The number of carbonyl (C=O) groups excluding carboxylic acids is 1. The number of ketones is 1. The number of aliphatic hydroxyl groups excluding tert-OH is 2. The van der Waals surface area contributed by atoms with Gasteiger partial charge in [0, 0.05) is 13.1 Å². The molecule has 1 heterocycles. The predicted molar refractivity (Wildman–Crippen MR) is 59.1 cm³/mol. The summed E-state index contributed by atoms with van der Waals surface area (Å²) in [4.78, 5) is 13.3. The lowest BCUT2D eigenvalue weighted by atomic mass is 10.1. The van der Waals surface area contributed by atoms with Gasteiger partial charge in [-0.25, -0.2) is 8.78 Å². The molecule has 1 aliphatic heterocycles. The topological polar surface area (TPSA) is 60.8 Å². The highest BCUT2D eigenvalue weighted by atomic mass is 19.1. The highest BCUT2D eigenvalue weighted by Gasteiger charge is 2.31. The standard InChI is InChI=1S/C12H13F2NO3/c13-7-1-2-9(14)8(3-7)10(16)4-15-5-11(17)12(18)6-15/h1-3,11-12,17-18H,4-6H2. The van der Waals surface area contributed by atoms with Crippen molar-refractivity contribution in [1.29, 1.82) is 0 Å². The van der Waals surface area contributed by atoms with Crippen LogP contribution >= 0.6 is 0 Å². The molecular formula is C12H13F2NO3. The molecule has 0 amide bonds. The van der Waals surface area contributed by atoms with Gasteiger partial charge >= 0.3 is 0 Å². The number of hydrogen-bond donors (Lipinski definition) is 2. The number of benzene rings is 1. The largest absolute Gasteiger partial charge is 0.389 e. The Bertz CT molecular complexity index is 457. The van der Waals surface area contributed by atoms with Gasteiger partial charge in [-0.15, -0.1) is 0 Å². The highest BCUT2D eigenvalue weighted by Crippen LogP contribution is 2.14. The van der Waals surface area contributed by atoms with Crippen molar-refractivity contribution in [3.05, 3.63) is 35.4 Å². The van der Waals surface area contributed by atoms with Gasteiger partial charge in [0.1, 0.15) is 11.6 Å². The molecule has 1 aliphatic rings. The number of carbonyl (C=O) groups is 1. The van der Waals surface area contributed by atoms with Crippen molar-refractivity contribution in [1.82, 2.24) is 4.90 Å². The van der Waals surface area contributed by atoms with E-state index in [1.165, 1.54) is 4.90 Å². The molecule has 1 fully saturated rings. The van der Waals surface area contributed by atoms with Crippen molar-refractivity contribution < 1.29 is 23.8 Å². The number of rotatable bonds is 3. The molecule has 1 saturated heterocycles. The summed E-state index contributed by atoms with van der Waals surface area (Å²) in [5.41, 5.74) is -0.314. The molecule has 2 rings (SSSR count). The van der Waals surface area contributed by atoms with Crippen LogP contribution in [0.4, 0.5) is 8.78 Å². The van der Waals surface area contributed by atoms with Crippen LogP contribution in [-0.4, -0.2) is 52.7 Å². The fraction of sp³-hybridized carbons (Fsp3) is 0.417. The maximum atomic E-state index is 13.3. The van der Waals surface area contributed by atoms with E-state index in [1.54, 1.807) is 0 Å². The Morgan fingerprint density at radius 3 is 2.50 bits per heavy atom. The first-order chi connectivity index (χ1) is 8.47. The third-order valence-corrected chi connectivity index (χ3v) is 2.93. The molecule has 6 heteroatoms. The second kappa shape index (κ2) is 5.09. The second-order valence-electron chi connectivity index (χ2n) is 4.38. The van der Waals surface area contributed by atoms with Gasteiger partial charge < -0.3 is 10.2 Å². The summed E-state index contributed by atoms with van der Waals surface area (Å²) in [5.74, 6) is -2.03. The number of aliphatic hydroxyl groups is 2. The van der Waals surface area contributed by atoms with E-state index < -0.39 is 29.6 Å². The van der Waals surface area contributed by atoms with Crippen LogP contribution in [0.1, 0.15) is 10.4 Å². The van der Waals surface area contributed by atoms with Crippen molar-refractivity contribution in [3.8, 4) is 0 Å². The van der Waals surface area contributed by atoms with E-state index in [-0.39, 0.29) is 25.2 Å². The van der Waals surface area contributed by atoms with E-state index in [4.69, 9.17) is 0 Å². The Morgan fingerprint density at radius 2 is 1.89 bits per heavy atom. The van der Waals surface area contributed by atoms with Gasteiger partial charge in [-0.2, -0.15) is 0 Å². The minimum absolute atomic E-state index is 0.143. The van der Waals surface area contributed by atoms with E-state index in [9.17, 15) is 23.8 Å². The van der Waals surface area contributed by atoms with E-state index in [0.29, 0.717) is 0 Å². The van der Waals surface area contributed by atoms with E-state index >= 15 is 0 Å². The van der Waals surface area contributed by atoms with Crippen LogP contribution in [0.5, 0.6) is 0 Å².